The van der Waals surface area contributed by atoms with Gasteiger partial charge < -0.3 is 9.84 Å². The molecular weight excluding hydrogens is 438 g/mol. The topological polar surface area (TPSA) is 66.8 Å². The molecule has 1 N–H and O–H groups in total. The van der Waals surface area contributed by atoms with E-state index >= 15 is 0 Å². The first-order chi connectivity index (χ1) is 17.0. The van der Waals surface area contributed by atoms with Crippen LogP contribution in [0.2, 0.25) is 0 Å². The number of hydrogen-bond acceptors (Lipinski definition) is 4. The summed E-state index contributed by atoms with van der Waals surface area (Å²) < 4.78 is 5.64. The molecule has 1 heterocycles. The van der Waals surface area contributed by atoms with Crippen LogP contribution in [0.1, 0.15) is 29.7 Å². The van der Waals surface area contributed by atoms with Crippen LogP contribution in [-0.4, -0.2) is 23.4 Å². The third-order valence-electron chi connectivity index (χ3n) is 6.38. The molecule has 0 saturated carbocycles. The van der Waals surface area contributed by atoms with Gasteiger partial charge >= 0.3 is 0 Å². The number of aryl methyl sites for hydroxylation is 1. The van der Waals surface area contributed by atoms with E-state index in [1.54, 1.807) is 24.3 Å². The van der Waals surface area contributed by atoms with Crippen molar-refractivity contribution in [2.24, 2.45) is 0 Å². The van der Waals surface area contributed by atoms with Crippen LogP contribution in [0.4, 0.5) is 5.69 Å². The van der Waals surface area contributed by atoms with Gasteiger partial charge in [-0.2, -0.15) is 0 Å². The second-order valence-electron chi connectivity index (χ2n) is 8.48. The average molecular weight is 464 g/mol. The van der Waals surface area contributed by atoms with Crippen molar-refractivity contribution in [3.63, 3.8) is 0 Å². The number of aliphatic hydroxyl groups is 1. The lowest BCUT2D eigenvalue weighted by Crippen LogP contribution is -2.29. The van der Waals surface area contributed by atoms with Gasteiger partial charge in [0, 0.05) is 17.3 Å². The smallest absolute Gasteiger partial charge is 0.300 e. The number of benzene rings is 4. The van der Waals surface area contributed by atoms with Gasteiger partial charge in [0.25, 0.3) is 11.7 Å². The molecule has 5 nitrogen and oxygen atoms in total. The van der Waals surface area contributed by atoms with Gasteiger partial charge in [-0.15, -0.1) is 0 Å². The summed E-state index contributed by atoms with van der Waals surface area (Å²) in [4.78, 5) is 28.4. The quantitative estimate of drug-likeness (QED) is 0.218. The average Bonchev–Trinajstić information content (AvgIpc) is 3.14. The highest BCUT2D eigenvalue weighted by Crippen LogP contribution is 2.44. The number of ether oxygens (including phenoxy) is 1. The third-order valence-corrected chi connectivity index (χ3v) is 6.38. The lowest BCUT2D eigenvalue weighted by molar-refractivity contribution is -0.132. The van der Waals surface area contributed by atoms with Crippen molar-refractivity contribution >= 4 is 33.9 Å². The van der Waals surface area contributed by atoms with Crippen LogP contribution in [-0.2, 0) is 9.59 Å². The number of ketones is 1. The van der Waals surface area contributed by atoms with Crippen LogP contribution in [0.3, 0.4) is 0 Å². The molecule has 0 aromatic heterocycles. The highest BCUT2D eigenvalue weighted by Gasteiger charge is 2.47. The zero-order valence-electron chi connectivity index (χ0n) is 19.6. The maximum absolute atomic E-state index is 13.5. The number of carbonyl (C=O) groups excluding carboxylic acids is 2. The Labute approximate surface area is 203 Å². The molecule has 4 aromatic carbocycles. The Morgan fingerprint density at radius 1 is 0.914 bits per heavy atom. The van der Waals surface area contributed by atoms with Crippen molar-refractivity contribution in [3.8, 4) is 5.75 Å². The van der Waals surface area contributed by atoms with E-state index in [0.29, 0.717) is 23.6 Å². The molecule has 1 aliphatic heterocycles. The van der Waals surface area contributed by atoms with E-state index in [2.05, 4.69) is 0 Å². The minimum absolute atomic E-state index is 0.0717. The lowest BCUT2D eigenvalue weighted by atomic mass is 9.91. The van der Waals surface area contributed by atoms with E-state index in [0.717, 1.165) is 21.9 Å². The SMILES string of the molecule is CCOc1cccc(N2C(=O)C(=O)/C(=C(/O)c3cccc4ccccc34)C2c2ccccc2C)c1. The molecule has 1 amide bonds. The predicted octanol–water partition coefficient (Wildman–Crippen LogP) is 6.17. The summed E-state index contributed by atoms with van der Waals surface area (Å²) in [6.45, 7) is 4.30. The molecule has 1 aliphatic rings. The summed E-state index contributed by atoms with van der Waals surface area (Å²) in [6.07, 6.45) is 0. The number of rotatable bonds is 5. The summed E-state index contributed by atoms with van der Waals surface area (Å²) in [5.41, 5.74) is 2.80. The molecule has 0 radical (unpaired) electrons. The predicted molar refractivity (Wildman–Crippen MR) is 138 cm³/mol. The van der Waals surface area contributed by atoms with Crippen LogP contribution in [0.25, 0.3) is 16.5 Å². The fourth-order valence-electron chi connectivity index (χ4n) is 4.75. The van der Waals surface area contributed by atoms with Crippen molar-refractivity contribution in [1.82, 2.24) is 0 Å². The number of amides is 1. The van der Waals surface area contributed by atoms with E-state index in [1.165, 1.54) is 4.90 Å². The molecule has 1 unspecified atom stereocenters. The minimum atomic E-state index is -0.785. The van der Waals surface area contributed by atoms with Gasteiger partial charge in [0.05, 0.1) is 18.2 Å². The largest absolute Gasteiger partial charge is 0.507 e. The van der Waals surface area contributed by atoms with Crippen molar-refractivity contribution in [2.75, 3.05) is 11.5 Å². The van der Waals surface area contributed by atoms with Gasteiger partial charge in [0.2, 0.25) is 0 Å². The summed E-state index contributed by atoms with van der Waals surface area (Å²) in [6, 6.07) is 27.1. The first-order valence-corrected chi connectivity index (χ1v) is 11.6. The fraction of sp³-hybridized carbons (Fsp3) is 0.133. The van der Waals surface area contributed by atoms with Gasteiger partial charge in [-0.1, -0.05) is 72.8 Å². The zero-order chi connectivity index (χ0) is 24.5. The Kier molecular flexibility index (Phi) is 5.83. The number of carbonyl (C=O) groups is 2. The van der Waals surface area contributed by atoms with Gasteiger partial charge in [-0.05, 0) is 47.9 Å². The van der Waals surface area contributed by atoms with Crippen LogP contribution in [0.15, 0.2) is 96.6 Å². The molecule has 1 fully saturated rings. The van der Waals surface area contributed by atoms with Crippen LogP contribution >= 0.6 is 0 Å². The molecular formula is C30H25NO4. The Morgan fingerprint density at radius 2 is 1.63 bits per heavy atom. The normalized spacial score (nSPS) is 17.2. The summed E-state index contributed by atoms with van der Waals surface area (Å²) in [5, 5.41) is 13.3. The van der Waals surface area contributed by atoms with Crippen molar-refractivity contribution < 1.29 is 19.4 Å². The number of nitrogens with zero attached hydrogens (tertiary/aromatic N) is 1. The number of anilines is 1. The summed E-state index contributed by atoms with van der Waals surface area (Å²) in [5.74, 6) is -0.986. The fourth-order valence-corrected chi connectivity index (χ4v) is 4.75. The van der Waals surface area contributed by atoms with Crippen LogP contribution < -0.4 is 9.64 Å². The number of aliphatic hydroxyl groups excluding tert-OH is 1. The van der Waals surface area contributed by atoms with E-state index in [9.17, 15) is 14.7 Å². The second kappa shape index (κ2) is 9.11. The molecule has 5 heteroatoms. The lowest BCUT2D eigenvalue weighted by Gasteiger charge is -2.27. The highest BCUT2D eigenvalue weighted by atomic mass is 16.5. The first kappa shape index (κ1) is 22.4. The van der Waals surface area contributed by atoms with Gasteiger partial charge in [0.15, 0.2) is 0 Å². The second-order valence-corrected chi connectivity index (χ2v) is 8.48. The Balaban J connectivity index is 1.77. The van der Waals surface area contributed by atoms with Gasteiger partial charge in [0.1, 0.15) is 11.5 Å². The van der Waals surface area contributed by atoms with E-state index in [1.807, 2.05) is 80.6 Å². The van der Waals surface area contributed by atoms with Gasteiger partial charge in [-0.25, -0.2) is 0 Å². The van der Waals surface area contributed by atoms with E-state index in [-0.39, 0.29) is 11.3 Å². The Hall–Kier alpha value is -4.38. The summed E-state index contributed by atoms with van der Waals surface area (Å²) >= 11 is 0. The molecule has 35 heavy (non-hydrogen) atoms. The number of fused-ring (bicyclic) bond motifs is 1. The van der Waals surface area contributed by atoms with E-state index in [4.69, 9.17) is 4.74 Å². The maximum atomic E-state index is 13.5. The monoisotopic (exact) mass is 463 g/mol. The third kappa shape index (κ3) is 3.85. The molecule has 0 spiro atoms. The molecule has 1 saturated heterocycles. The molecule has 0 bridgehead atoms. The van der Waals surface area contributed by atoms with E-state index < -0.39 is 17.7 Å². The van der Waals surface area contributed by atoms with Crippen LogP contribution in [0.5, 0.6) is 5.75 Å². The first-order valence-electron chi connectivity index (χ1n) is 11.6. The molecule has 0 aliphatic carbocycles. The minimum Gasteiger partial charge on any atom is -0.507 e. The van der Waals surface area contributed by atoms with Crippen molar-refractivity contribution in [3.05, 3.63) is 113 Å². The zero-order valence-corrected chi connectivity index (χ0v) is 19.6. The molecule has 4 aromatic rings. The Morgan fingerprint density at radius 3 is 2.43 bits per heavy atom. The van der Waals surface area contributed by atoms with Crippen molar-refractivity contribution in [2.45, 2.75) is 19.9 Å². The maximum Gasteiger partial charge on any atom is 0.300 e. The molecule has 174 valence electrons. The molecule has 5 rings (SSSR count). The van der Waals surface area contributed by atoms with Crippen molar-refractivity contribution in [1.29, 1.82) is 0 Å². The Bertz CT molecular complexity index is 1480. The molecule has 1 atom stereocenters. The van der Waals surface area contributed by atoms with Gasteiger partial charge in [-0.3, -0.25) is 14.5 Å². The van der Waals surface area contributed by atoms with Crippen LogP contribution in [0, 0.1) is 6.92 Å². The number of hydrogen-bond donors (Lipinski definition) is 1. The summed E-state index contributed by atoms with van der Waals surface area (Å²) in [7, 11) is 0. The highest BCUT2D eigenvalue weighted by molar-refractivity contribution is 6.51. The number of Topliss-reactive ketones (excluding diaryl/α,β-unsaturated/α-hetero) is 1. The standard InChI is InChI=1S/C30H25NO4/c1-3-35-22-14-9-13-21(18-22)31-27(23-15-6-4-10-19(23)2)26(29(33)30(31)34)28(32)25-17-8-12-20-11-5-7-16-24(20)25/h4-18,27,32H,3H2,1-2H3/b28-26+.